The van der Waals surface area contributed by atoms with E-state index in [0.717, 1.165) is 19.4 Å². The van der Waals surface area contributed by atoms with Crippen molar-refractivity contribution in [2.75, 3.05) is 18.9 Å². The fourth-order valence-corrected chi connectivity index (χ4v) is 1.66. The molecule has 0 bridgehead atoms. The van der Waals surface area contributed by atoms with Crippen molar-refractivity contribution in [2.24, 2.45) is 0 Å². The lowest BCUT2D eigenvalue weighted by Gasteiger charge is -2.23. The van der Waals surface area contributed by atoms with Crippen LogP contribution in [-0.2, 0) is 4.74 Å². The summed E-state index contributed by atoms with van der Waals surface area (Å²) in [5.41, 5.74) is 5.98. The molecular formula is C11H15N3O2. The lowest BCUT2D eigenvalue weighted by Crippen LogP contribution is -2.40. The Bertz CT molecular complexity index is 358. The molecule has 1 atom stereocenters. The number of carbonyl (C=O) groups is 1. The van der Waals surface area contributed by atoms with Gasteiger partial charge in [-0.25, -0.2) is 4.98 Å². The molecule has 0 saturated carbocycles. The maximum atomic E-state index is 11.8. The van der Waals surface area contributed by atoms with Crippen molar-refractivity contribution in [3.05, 3.63) is 23.9 Å². The molecule has 3 N–H and O–H groups in total. The molecule has 1 unspecified atom stereocenters. The first-order chi connectivity index (χ1) is 7.75. The van der Waals surface area contributed by atoms with Crippen LogP contribution in [0.4, 0.5) is 5.82 Å². The number of nitrogen functional groups attached to an aromatic ring is 1. The third-order valence-electron chi connectivity index (χ3n) is 2.54. The van der Waals surface area contributed by atoms with Gasteiger partial charge in [-0.3, -0.25) is 4.79 Å². The average molecular weight is 221 g/mol. The van der Waals surface area contributed by atoms with Gasteiger partial charge < -0.3 is 15.8 Å². The molecule has 0 aliphatic carbocycles. The minimum absolute atomic E-state index is 0.110. The largest absolute Gasteiger partial charge is 0.384 e. The number of aromatic nitrogens is 1. The fraction of sp³-hybridized carbons (Fsp3) is 0.455. The molecule has 0 spiro atoms. The van der Waals surface area contributed by atoms with Crippen LogP contribution in [0.15, 0.2) is 18.3 Å². The summed E-state index contributed by atoms with van der Waals surface area (Å²) in [5, 5.41) is 2.91. The van der Waals surface area contributed by atoms with Crippen molar-refractivity contribution in [1.82, 2.24) is 10.3 Å². The molecule has 2 rings (SSSR count). The number of anilines is 1. The molecule has 1 fully saturated rings. The molecule has 0 radical (unpaired) electrons. The Balaban J connectivity index is 1.94. The van der Waals surface area contributed by atoms with Gasteiger partial charge in [0.1, 0.15) is 5.82 Å². The van der Waals surface area contributed by atoms with Crippen LogP contribution in [0.3, 0.4) is 0 Å². The van der Waals surface area contributed by atoms with Crippen molar-refractivity contribution in [3.8, 4) is 0 Å². The number of hydrogen-bond donors (Lipinski definition) is 2. The number of carbonyl (C=O) groups excluding carboxylic acids is 1. The number of nitrogens with two attached hydrogens (primary N) is 1. The van der Waals surface area contributed by atoms with Crippen molar-refractivity contribution >= 4 is 11.7 Å². The fourth-order valence-electron chi connectivity index (χ4n) is 1.66. The zero-order chi connectivity index (χ0) is 11.4. The van der Waals surface area contributed by atoms with Crippen molar-refractivity contribution in [3.63, 3.8) is 0 Å². The second-order valence-electron chi connectivity index (χ2n) is 3.86. The lowest BCUT2D eigenvalue weighted by atomic mass is 10.1. The predicted octanol–water partition coefficient (Wildman–Crippen LogP) is 0.573. The molecule has 1 amide bonds. The predicted molar refractivity (Wildman–Crippen MR) is 60.0 cm³/mol. The molecule has 2 heterocycles. The van der Waals surface area contributed by atoms with Crippen LogP contribution < -0.4 is 11.1 Å². The van der Waals surface area contributed by atoms with Crippen LogP contribution in [-0.4, -0.2) is 30.1 Å². The summed E-state index contributed by atoms with van der Waals surface area (Å²) in [7, 11) is 0. The highest BCUT2D eigenvalue weighted by atomic mass is 16.5. The number of ether oxygens (including phenoxy) is 1. The molecule has 16 heavy (non-hydrogen) atoms. The Labute approximate surface area is 94.0 Å². The Morgan fingerprint density at radius 3 is 3.06 bits per heavy atom. The van der Waals surface area contributed by atoms with E-state index in [1.54, 1.807) is 12.1 Å². The zero-order valence-corrected chi connectivity index (χ0v) is 8.98. The highest BCUT2D eigenvalue weighted by molar-refractivity contribution is 5.94. The summed E-state index contributed by atoms with van der Waals surface area (Å²) >= 11 is 0. The van der Waals surface area contributed by atoms with Crippen molar-refractivity contribution < 1.29 is 9.53 Å². The average Bonchev–Trinajstić information content (AvgIpc) is 2.31. The normalized spacial score (nSPS) is 20.4. The van der Waals surface area contributed by atoms with Crippen LogP contribution in [0.25, 0.3) is 0 Å². The number of nitrogens with one attached hydrogen (secondary N) is 1. The van der Waals surface area contributed by atoms with E-state index in [1.165, 1.54) is 6.20 Å². The maximum absolute atomic E-state index is 11.8. The Kier molecular flexibility index (Phi) is 3.36. The van der Waals surface area contributed by atoms with E-state index in [-0.39, 0.29) is 11.9 Å². The van der Waals surface area contributed by atoms with E-state index in [4.69, 9.17) is 10.5 Å². The van der Waals surface area contributed by atoms with Gasteiger partial charge >= 0.3 is 0 Å². The molecule has 1 saturated heterocycles. The summed E-state index contributed by atoms with van der Waals surface area (Å²) in [6, 6.07) is 3.40. The Morgan fingerprint density at radius 1 is 1.56 bits per heavy atom. The van der Waals surface area contributed by atoms with E-state index in [2.05, 4.69) is 10.3 Å². The highest BCUT2D eigenvalue weighted by Gasteiger charge is 2.16. The van der Waals surface area contributed by atoms with Gasteiger partial charge in [-0.15, -0.1) is 0 Å². The second-order valence-corrected chi connectivity index (χ2v) is 3.86. The van der Waals surface area contributed by atoms with E-state index < -0.39 is 0 Å². The van der Waals surface area contributed by atoms with Crippen LogP contribution >= 0.6 is 0 Å². The van der Waals surface area contributed by atoms with Gasteiger partial charge in [0, 0.05) is 12.8 Å². The van der Waals surface area contributed by atoms with Gasteiger partial charge in [-0.2, -0.15) is 0 Å². The van der Waals surface area contributed by atoms with Gasteiger partial charge in [-0.05, 0) is 25.0 Å². The van der Waals surface area contributed by atoms with Gasteiger partial charge in [0.25, 0.3) is 5.91 Å². The van der Waals surface area contributed by atoms with E-state index in [0.29, 0.717) is 18.0 Å². The van der Waals surface area contributed by atoms with Gasteiger partial charge in [-0.1, -0.05) is 0 Å². The summed E-state index contributed by atoms with van der Waals surface area (Å²) in [5.74, 6) is 0.292. The van der Waals surface area contributed by atoms with Crippen LogP contribution in [0.1, 0.15) is 23.2 Å². The molecular weight excluding hydrogens is 206 g/mol. The minimum Gasteiger partial charge on any atom is -0.384 e. The van der Waals surface area contributed by atoms with Crippen LogP contribution in [0, 0.1) is 0 Å². The molecule has 86 valence electrons. The third kappa shape index (κ3) is 2.70. The lowest BCUT2D eigenvalue weighted by molar-refractivity contribution is 0.0624. The molecule has 1 aromatic heterocycles. The van der Waals surface area contributed by atoms with E-state index >= 15 is 0 Å². The van der Waals surface area contributed by atoms with Gasteiger partial charge in [0.05, 0.1) is 18.2 Å². The topological polar surface area (TPSA) is 77.2 Å². The Morgan fingerprint density at radius 2 is 2.44 bits per heavy atom. The zero-order valence-electron chi connectivity index (χ0n) is 8.98. The van der Waals surface area contributed by atoms with E-state index in [1.807, 2.05) is 0 Å². The first kappa shape index (κ1) is 10.9. The van der Waals surface area contributed by atoms with Crippen molar-refractivity contribution in [1.29, 1.82) is 0 Å². The molecule has 1 aromatic rings. The molecule has 5 heteroatoms. The minimum atomic E-state index is -0.122. The number of pyridine rings is 1. The summed E-state index contributed by atoms with van der Waals surface area (Å²) < 4.78 is 5.29. The molecule has 1 aliphatic rings. The summed E-state index contributed by atoms with van der Waals surface area (Å²) in [6.45, 7) is 1.38. The number of amides is 1. The smallest absolute Gasteiger partial charge is 0.253 e. The summed E-state index contributed by atoms with van der Waals surface area (Å²) in [6.07, 6.45) is 3.44. The molecule has 0 aromatic carbocycles. The van der Waals surface area contributed by atoms with Gasteiger partial charge in [0.15, 0.2) is 0 Å². The third-order valence-corrected chi connectivity index (χ3v) is 2.54. The monoisotopic (exact) mass is 221 g/mol. The standard InChI is InChI=1S/C11H15N3O2/c12-10-4-3-8(6-13-10)11(15)14-9-2-1-5-16-7-9/h3-4,6,9H,1-2,5,7H2,(H2,12,13)(H,14,15). The Hall–Kier alpha value is -1.62. The number of nitrogens with zero attached hydrogens (tertiary/aromatic N) is 1. The maximum Gasteiger partial charge on any atom is 0.253 e. The number of hydrogen-bond acceptors (Lipinski definition) is 4. The second kappa shape index (κ2) is 4.94. The number of rotatable bonds is 2. The SMILES string of the molecule is Nc1ccc(C(=O)NC2CCCOC2)cn1. The first-order valence-corrected chi connectivity index (χ1v) is 5.36. The van der Waals surface area contributed by atoms with Crippen LogP contribution in [0.5, 0.6) is 0 Å². The molecule has 5 nitrogen and oxygen atoms in total. The van der Waals surface area contributed by atoms with Crippen molar-refractivity contribution in [2.45, 2.75) is 18.9 Å². The van der Waals surface area contributed by atoms with Crippen LogP contribution in [0.2, 0.25) is 0 Å². The van der Waals surface area contributed by atoms with E-state index in [9.17, 15) is 4.79 Å². The summed E-state index contributed by atoms with van der Waals surface area (Å²) in [4.78, 5) is 15.7. The van der Waals surface area contributed by atoms with Gasteiger partial charge in [0.2, 0.25) is 0 Å². The highest BCUT2D eigenvalue weighted by Crippen LogP contribution is 2.07. The first-order valence-electron chi connectivity index (χ1n) is 5.36. The quantitative estimate of drug-likeness (QED) is 0.765. The molecule has 1 aliphatic heterocycles.